The molecule has 2 aliphatic carbocycles. The molecule has 8 nitrogen and oxygen atoms in total. The number of nitrogens with two attached hydrogens (primary N) is 1. The highest BCUT2D eigenvalue weighted by Gasteiger charge is 2.69. The maximum atomic E-state index is 13.4. The van der Waals surface area contributed by atoms with Gasteiger partial charge in [0, 0.05) is 6.54 Å². The molecule has 174 valence electrons. The number of ketones is 1. The average molecular weight is 455 g/mol. The first-order chi connectivity index (χ1) is 14.3. The maximum absolute atomic E-state index is 13.4. The van der Waals surface area contributed by atoms with Gasteiger partial charge in [0.25, 0.3) is 5.91 Å². The third-order valence-corrected chi connectivity index (χ3v) is 7.87. The summed E-state index contributed by atoms with van der Waals surface area (Å²) in [5.41, 5.74) is 4.72. The zero-order chi connectivity index (χ0) is 23.3. The van der Waals surface area contributed by atoms with Crippen LogP contribution in [0.2, 0.25) is 0 Å². The van der Waals surface area contributed by atoms with Crippen LogP contribution in [0.25, 0.3) is 0 Å². The second-order valence-electron chi connectivity index (χ2n) is 11.1. The Labute approximate surface area is 189 Å². The summed E-state index contributed by atoms with van der Waals surface area (Å²) in [5.74, 6) is -1.95. The minimum atomic E-state index is -1.05. The van der Waals surface area contributed by atoms with Gasteiger partial charge in [-0.05, 0) is 46.8 Å². The molecule has 5 atom stereocenters. The number of fused-ring (bicyclic) bond motifs is 1. The largest absolute Gasteiger partial charge is 0.363 e. The van der Waals surface area contributed by atoms with Crippen molar-refractivity contribution in [3.8, 4) is 0 Å². The van der Waals surface area contributed by atoms with E-state index < -0.39 is 41.1 Å². The van der Waals surface area contributed by atoms with Crippen LogP contribution in [0.5, 0.6) is 0 Å². The molecule has 0 spiro atoms. The number of primary amides is 1. The van der Waals surface area contributed by atoms with Crippen LogP contribution in [0.3, 0.4) is 0 Å². The van der Waals surface area contributed by atoms with Crippen LogP contribution in [0.4, 0.5) is 0 Å². The second-order valence-corrected chi connectivity index (χ2v) is 11.3. The molecule has 3 fully saturated rings. The smallest absolute Gasteiger partial charge is 0.287 e. The first-order valence-corrected chi connectivity index (χ1v) is 11.5. The highest BCUT2D eigenvalue weighted by atomic mass is 35.5. The first-order valence-electron chi connectivity index (χ1n) is 11.1. The van der Waals surface area contributed by atoms with E-state index in [1.165, 1.54) is 0 Å². The van der Waals surface area contributed by atoms with E-state index in [0.717, 1.165) is 19.3 Å². The number of piperidine rings is 1. The number of carbonyl (C=O) groups excluding carboxylic acids is 4. The Hall–Kier alpha value is -1.67. The van der Waals surface area contributed by atoms with Crippen LogP contribution in [0.15, 0.2) is 0 Å². The van der Waals surface area contributed by atoms with Crippen molar-refractivity contribution < 1.29 is 19.2 Å². The van der Waals surface area contributed by atoms with E-state index in [1.807, 2.05) is 20.8 Å². The summed E-state index contributed by atoms with van der Waals surface area (Å²) in [6.07, 6.45) is 3.43. The summed E-state index contributed by atoms with van der Waals surface area (Å²) >= 11 is 5.90. The Morgan fingerprint density at radius 3 is 2.26 bits per heavy atom. The third-order valence-electron chi connectivity index (χ3n) is 7.65. The topological polar surface area (TPSA) is 122 Å². The minimum Gasteiger partial charge on any atom is -0.363 e. The highest BCUT2D eigenvalue weighted by molar-refractivity contribution is 6.37. The van der Waals surface area contributed by atoms with E-state index in [4.69, 9.17) is 17.5 Å². The number of hydrogen-bond acceptors (Lipinski definition) is 5. The molecule has 3 amide bonds. The van der Waals surface area contributed by atoms with Crippen molar-refractivity contribution in [3.63, 3.8) is 0 Å². The van der Waals surface area contributed by atoms with E-state index in [2.05, 4.69) is 24.0 Å². The average Bonchev–Trinajstić information content (AvgIpc) is 2.98. The van der Waals surface area contributed by atoms with E-state index >= 15 is 0 Å². The Morgan fingerprint density at radius 2 is 1.81 bits per heavy atom. The third kappa shape index (κ3) is 4.46. The Balaban J connectivity index is 1.81. The van der Waals surface area contributed by atoms with Crippen LogP contribution >= 0.6 is 11.8 Å². The fourth-order valence-corrected chi connectivity index (χ4v) is 5.70. The number of hydrogen-bond donors (Lipinski definition) is 3. The SMILES string of the molecule is CC(C)(C)C(NCl)C(=O)N1C[C@H]2C([C@H]1C(=O)NC(CC1CCC1)C(=O)C(N)=O)C2(C)C. The number of rotatable bonds is 8. The quantitative estimate of drug-likeness (QED) is 0.377. The van der Waals surface area contributed by atoms with Crippen molar-refractivity contribution in [3.05, 3.63) is 0 Å². The van der Waals surface area contributed by atoms with Gasteiger partial charge in [-0.15, -0.1) is 0 Å². The molecular weight excluding hydrogens is 420 g/mol. The molecule has 3 unspecified atom stereocenters. The van der Waals surface area contributed by atoms with Crippen molar-refractivity contribution in [1.29, 1.82) is 0 Å². The van der Waals surface area contributed by atoms with Gasteiger partial charge in [0.1, 0.15) is 12.1 Å². The predicted octanol–water partition coefficient (Wildman–Crippen LogP) is 1.36. The fraction of sp³-hybridized carbons (Fsp3) is 0.818. The Bertz CT molecular complexity index is 774. The summed E-state index contributed by atoms with van der Waals surface area (Å²) in [4.78, 5) is 54.9. The molecule has 3 rings (SSSR count). The standard InChI is InChI=1S/C22H35ClN4O4/c1-21(2,3)17(26-23)20(31)27-10-12-14(22(12,4)5)15(27)19(30)25-13(16(28)18(24)29)9-11-7-6-8-11/h11-15,17,26H,6-10H2,1-5H3,(H2,24,29)(H,25,30)/t12-,13?,14?,15-,17?/m0/s1. The molecule has 2 saturated carbocycles. The maximum Gasteiger partial charge on any atom is 0.287 e. The number of nitrogens with one attached hydrogen (secondary N) is 2. The lowest BCUT2D eigenvalue weighted by atomic mass is 9.80. The number of Topliss-reactive ketones (excluding diaryl/α,β-unsaturated/α-hetero) is 1. The monoisotopic (exact) mass is 454 g/mol. The van der Waals surface area contributed by atoms with Crippen molar-refractivity contribution in [2.45, 2.75) is 78.4 Å². The molecule has 0 aromatic rings. The first kappa shape index (κ1) is 24.0. The van der Waals surface area contributed by atoms with Crippen molar-refractivity contribution >= 4 is 35.3 Å². The summed E-state index contributed by atoms with van der Waals surface area (Å²) < 4.78 is 0. The Morgan fingerprint density at radius 1 is 1.19 bits per heavy atom. The minimum absolute atomic E-state index is 0.000395. The zero-order valence-electron chi connectivity index (χ0n) is 19.0. The van der Waals surface area contributed by atoms with Crippen LogP contribution in [0, 0.1) is 28.6 Å². The van der Waals surface area contributed by atoms with Gasteiger partial charge in [-0.1, -0.05) is 53.9 Å². The predicted molar refractivity (Wildman–Crippen MR) is 117 cm³/mol. The molecule has 3 aliphatic rings. The number of carbonyl (C=O) groups is 4. The molecule has 0 aromatic heterocycles. The molecular formula is C22H35ClN4O4. The number of likely N-dealkylation sites (tertiary alicyclic amines) is 1. The lowest BCUT2D eigenvalue weighted by Crippen LogP contribution is -2.59. The molecule has 1 heterocycles. The molecule has 0 aromatic carbocycles. The van der Waals surface area contributed by atoms with Crippen LogP contribution < -0.4 is 15.9 Å². The summed E-state index contributed by atoms with van der Waals surface area (Å²) in [7, 11) is 0. The summed E-state index contributed by atoms with van der Waals surface area (Å²) in [6, 6.07) is -2.31. The van der Waals surface area contributed by atoms with Crippen molar-refractivity contribution in [1.82, 2.24) is 15.1 Å². The number of halogens is 1. The lowest BCUT2D eigenvalue weighted by Gasteiger charge is -2.37. The van der Waals surface area contributed by atoms with Gasteiger partial charge in [0.05, 0.1) is 6.04 Å². The molecule has 4 N–H and O–H groups in total. The van der Waals surface area contributed by atoms with Crippen LogP contribution in [-0.4, -0.2) is 53.1 Å². The van der Waals surface area contributed by atoms with Gasteiger partial charge in [-0.3, -0.25) is 19.2 Å². The molecule has 1 aliphatic heterocycles. The van der Waals surface area contributed by atoms with E-state index in [9.17, 15) is 19.2 Å². The molecule has 9 heteroatoms. The summed E-state index contributed by atoms with van der Waals surface area (Å²) in [5, 5.41) is 2.78. The number of nitrogens with zero attached hydrogens (tertiary/aromatic N) is 1. The van der Waals surface area contributed by atoms with Gasteiger partial charge in [-0.2, -0.15) is 0 Å². The summed E-state index contributed by atoms with van der Waals surface area (Å²) in [6.45, 7) is 10.4. The van der Waals surface area contributed by atoms with E-state index in [0.29, 0.717) is 18.9 Å². The fourth-order valence-electron chi connectivity index (χ4n) is 5.28. The van der Waals surface area contributed by atoms with Crippen LogP contribution in [-0.2, 0) is 19.2 Å². The second kappa shape index (κ2) is 8.35. The van der Waals surface area contributed by atoms with E-state index in [1.54, 1.807) is 4.90 Å². The van der Waals surface area contributed by atoms with Gasteiger partial charge in [-0.25, -0.2) is 4.84 Å². The molecule has 31 heavy (non-hydrogen) atoms. The van der Waals surface area contributed by atoms with Gasteiger partial charge < -0.3 is 16.0 Å². The lowest BCUT2D eigenvalue weighted by molar-refractivity contribution is -0.145. The van der Waals surface area contributed by atoms with Crippen molar-refractivity contribution in [2.24, 2.45) is 34.3 Å². The number of amides is 3. The normalized spacial score (nSPS) is 28.8. The Kier molecular flexibility index (Phi) is 6.46. The van der Waals surface area contributed by atoms with Gasteiger partial charge in [0.15, 0.2) is 0 Å². The van der Waals surface area contributed by atoms with E-state index in [-0.39, 0.29) is 23.2 Å². The highest BCUT2D eigenvalue weighted by Crippen LogP contribution is 2.65. The molecule has 0 radical (unpaired) electrons. The van der Waals surface area contributed by atoms with Crippen LogP contribution in [0.1, 0.15) is 60.3 Å². The van der Waals surface area contributed by atoms with Crippen molar-refractivity contribution in [2.75, 3.05) is 6.54 Å². The zero-order valence-corrected chi connectivity index (χ0v) is 19.8. The van der Waals surface area contributed by atoms with Gasteiger partial charge in [0.2, 0.25) is 17.6 Å². The van der Waals surface area contributed by atoms with Gasteiger partial charge >= 0.3 is 0 Å². The molecule has 1 saturated heterocycles. The molecule has 0 bridgehead atoms.